The lowest BCUT2D eigenvalue weighted by atomic mass is 10.3. The number of aromatic amines is 1. The van der Waals surface area contributed by atoms with Crippen molar-refractivity contribution in [3.8, 4) is 0 Å². The Labute approximate surface area is 71.4 Å². The maximum atomic E-state index is 5.58. The van der Waals surface area contributed by atoms with Gasteiger partial charge >= 0.3 is 0 Å². The molecule has 0 fully saturated rings. The maximum Gasteiger partial charge on any atom is 0.0925 e. The van der Waals surface area contributed by atoms with E-state index in [-0.39, 0.29) is 12.4 Å². The van der Waals surface area contributed by atoms with Crippen molar-refractivity contribution in [2.75, 3.05) is 0 Å². The lowest BCUT2D eigenvalue weighted by Gasteiger charge is -1.90. The van der Waals surface area contributed by atoms with E-state index in [1.54, 1.807) is 6.33 Å². The third-order valence-corrected chi connectivity index (χ3v) is 1.54. The summed E-state index contributed by atoms with van der Waals surface area (Å²) in [6.07, 6.45) is 2.63. The summed E-state index contributed by atoms with van der Waals surface area (Å²) in [6.45, 7) is 2.06. The third kappa shape index (κ3) is 1.89. The molecule has 4 heteroatoms. The van der Waals surface area contributed by atoms with Gasteiger partial charge in [0.05, 0.1) is 23.6 Å². The number of hydrogen-bond donors (Lipinski definition) is 1. The van der Waals surface area contributed by atoms with Crippen LogP contribution in [0.3, 0.4) is 0 Å². The molecule has 0 amide bonds. The van der Waals surface area contributed by atoms with Gasteiger partial charge < -0.3 is 4.98 Å². The van der Waals surface area contributed by atoms with Crippen molar-refractivity contribution in [3.63, 3.8) is 0 Å². The van der Waals surface area contributed by atoms with Gasteiger partial charge in [-0.1, -0.05) is 6.92 Å². The van der Waals surface area contributed by atoms with Gasteiger partial charge in [-0.3, -0.25) is 0 Å². The van der Waals surface area contributed by atoms with Crippen LogP contribution in [0.4, 0.5) is 0 Å². The van der Waals surface area contributed by atoms with Crippen LogP contribution < -0.4 is 0 Å². The van der Waals surface area contributed by atoms with E-state index in [4.69, 9.17) is 11.6 Å². The SMILES string of the molecule is CCc1nc[nH]c1CCl.Cl. The summed E-state index contributed by atoms with van der Waals surface area (Å²) in [7, 11) is 0. The first-order valence-corrected chi connectivity index (χ1v) is 3.49. The number of nitrogens with zero attached hydrogens (tertiary/aromatic N) is 1. The molecule has 0 aliphatic carbocycles. The number of aromatic nitrogens is 2. The fourth-order valence-electron chi connectivity index (χ4n) is 0.770. The second kappa shape index (κ2) is 4.58. The first kappa shape index (κ1) is 9.79. The average molecular weight is 181 g/mol. The van der Waals surface area contributed by atoms with Crippen LogP contribution in [0, 0.1) is 0 Å². The minimum atomic E-state index is 0. The summed E-state index contributed by atoms with van der Waals surface area (Å²) in [4.78, 5) is 7.03. The number of H-pyrrole nitrogens is 1. The van der Waals surface area contributed by atoms with E-state index in [1.165, 1.54) is 0 Å². The number of hydrogen-bond acceptors (Lipinski definition) is 1. The number of halogens is 2. The molecule has 0 saturated heterocycles. The van der Waals surface area contributed by atoms with Gasteiger partial charge in [-0.15, -0.1) is 24.0 Å². The van der Waals surface area contributed by atoms with Crippen molar-refractivity contribution in [3.05, 3.63) is 17.7 Å². The van der Waals surface area contributed by atoms with E-state index in [9.17, 15) is 0 Å². The Morgan fingerprint density at radius 1 is 1.70 bits per heavy atom. The number of aryl methyl sites for hydroxylation is 1. The molecule has 0 atom stereocenters. The molecule has 58 valence electrons. The predicted octanol–water partition coefficient (Wildman–Crippen LogP) is 2.13. The van der Waals surface area contributed by atoms with Crippen molar-refractivity contribution in [2.45, 2.75) is 19.2 Å². The quantitative estimate of drug-likeness (QED) is 0.695. The average Bonchev–Trinajstić information content (AvgIpc) is 2.33. The predicted molar refractivity (Wildman–Crippen MR) is 44.8 cm³/mol. The summed E-state index contributed by atoms with van der Waals surface area (Å²) in [6, 6.07) is 0. The molecule has 0 aromatic carbocycles. The number of rotatable bonds is 2. The van der Waals surface area contributed by atoms with Gasteiger partial charge in [0.15, 0.2) is 0 Å². The lowest BCUT2D eigenvalue weighted by Crippen LogP contribution is -1.85. The van der Waals surface area contributed by atoms with Crippen molar-refractivity contribution in [1.29, 1.82) is 0 Å². The van der Waals surface area contributed by atoms with Crippen LogP contribution in [-0.4, -0.2) is 9.97 Å². The highest BCUT2D eigenvalue weighted by Crippen LogP contribution is 2.05. The van der Waals surface area contributed by atoms with Crippen LogP contribution >= 0.6 is 24.0 Å². The Kier molecular flexibility index (Phi) is 4.49. The fourth-order valence-corrected chi connectivity index (χ4v) is 1.00. The molecule has 0 aliphatic heterocycles. The highest BCUT2D eigenvalue weighted by Gasteiger charge is 1.98. The summed E-state index contributed by atoms with van der Waals surface area (Å²) in [5, 5.41) is 0. The van der Waals surface area contributed by atoms with Crippen molar-refractivity contribution in [1.82, 2.24) is 9.97 Å². The normalized spacial score (nSPS) is 9.00. The van der Waals surface area contributed by atoms with Crippen molar-refractivity contribution >= 4 is 24.0 Å². The maximum absolute atomic E-state index is 5.58. The van der Waals surface area contributed by atoms with Crippen LogP contribution in [0.15, 0.2) is 6.33 Å². The summed E-state index contributed by atoms with van der Waals surface area (Å²) < 4.78 is 0. The second-order valence-electron chi connectivity index (χ2n) is 1.81. The number of nitrogens with one attached hydrogen (secondary N) is 1. The first-order chi connectivity index (χ1) is 4.38. The monoisotopic (exact) mass is 180 g/mol. The van der Waals surface area contributed by atoms with Crippen LogP contribution in [0.2, 0.25) is 0 Å². The highest BCUT2D eigenvalue weighted by atomic mass is 35.5. The Balaban J connectivity index is 0.000000810. The van der Waals surface area contributed by atoms with Gasteiger partial charge in [0.1, 0.15) is 0 Å². The van der Waals surface area contributed by atoms with E-state index in [1.807, 2.05) is 0 Å². The topological polar surface area (TPSA) is 28.7 Å². The summed E-state index contributed by atoms with van der Waals surface area (Å²) in [5.74, 6) is 0.531. The van der Waals surface area contributed by atoms with Crippen LogP contribution in [0.1, 0.15) is 18.3 Å². The zero-order chi connectivity index (χ0) is 6.69. The molecule has 10 heavy (non-hydrogen) atoms. The minimum absolute atomic E-state index is 0. The standard InChI is InChI=1S/C6H9ClN2.ClH/c1-2-5-6(3-7)9-4-8-5;/h4H,2-3H2,1H3,(H,8,9);1H. The Bertz CT molecular complexity index is 167. The Hall–Kier alpha value is -0.210. The van der Waals surface area contributed by atoms with Crippen molar-refractivity contribution < 1.29 is 0 Å². The van der Waals surface area contributed by atoms with Crippen molar-refractivity contribution in [2.24, 2.45) is 0 Å². The van der Waals surface area contributed by atoms with Gasteiger partial charge in [0.25, 0.3) is 0 Å². The van der Waals surface area contributed by atoms with Crippen LogP contribution in [-0.2, 0) is 12.3 Å². The third-order valence-electron chi connectivity index (χ3n) is 1.28. The molecule has 1 N–H and O–H groups in total. The van der Waals surface area contributed by atoms with Crippen LogP contribution in [0.25, 0.3) is 0 Å². The molecule has 1 rings (SSSR count). The van der Waals surface area contributed by atoms with E-state index in [0.29, 0.717) is 5.88 Å². The zero-order valence-electron chi connectivity index (χ0n) is 5.72. The molecule has 0 unspecified atom stereocenters. The van der Waals surface area contributed by atoms with Gasteiger partial charge in [0.2, 0.25) is 0 Å². The number of alkyl halides is 1. The largest absolute Gasteiger partial charge is 0.347 e. The molecular weight excluding hydrogens is 171 g/mol. The Morgan fingerprint density at radius 2 is 2.40 bits per heavy atom. The number of imidazole rings is 1. The summed E-state index contributed by atoms with van der Waals surface area (Å²) >= 11 is 5.58. The first-order valence-electron chi connectivity index (χ1n) is 2.95. The Morgan fingerprint density at radius 3 is 2.80 bits per heavy atom. The highest BCUT2D eigenvalue weighted by molar-refractivity contribution is 6.16. The van der Waals surface area contributed by atoms with E-state index >= 15 is 0 Å². The molecule has 0 spiro atoms. The minimum Gasteiger partial charge on any atom is -0.347 e. The molecule has 0 saturated carbocycles. The van der Waals surface area contributed by atoms with Gasteiger partial charge in [0, 0.05) is 0 Å². The molecular formula is C6H10Cl2N2. The van der Waals surface area contributed by atoms with Gasteiger partial charge in [-0.2, -0.15) is 0 Å². The zero-order valence-corrected chi connectivity index (χ0v) is 7.30. The van der Waals surface area contributed by atoms with Crippen LogP contribution in [0.5, 0.6) is 0 Å². The fraction of sp³-hybridized carbons (Fsp3) is 0.500. The second-order valence-corrected chi connectivity index (χ2v) is 2.08. The van der Waals surface area contributed by atoms with E-state index in [0.717, 1.165) is 17.8 Å². The molecule has 1 heterocycles. The van der Waals surface area contributed by atoms with Gasteiger partial charge in [-0.25, -0.2) is 4.98 Å². The molecule has 0 bridgehead atoms. The molecule has 1 aromatic rings. The molecule has 2 nitrogen and oxygen atoms in total. The smallest absolute Gasteiger partial charge is 0.0925 e. The van der Waals surface area contributed by atoms with E-state index < -0.39 is 0 Å². The lowest BCUT2D eigenvalue weighted by molar-refractivity contribution is 1.03. The summed E-state index contributed by atoms with van der Waals surface area (Å²) in [5.41, 5.74) is 2.11. The molecule has 0 aliphatic rings. The molecule has 1 aromatic heterocycles. The van der Waals surface area contributed by atoms with Gasteiger partial charge in [-0.05, 0) is 6.42 Å². The van der Waals surface area contributed by atoms with E-state index in [2.05, 4.69) is 16.9 Å². The molecule has 0 radical (unpaired) electrons.